The molecule has 0 aromatic heterocycles. The summed E-state index contributed by atoms with van der Waals surface area (Å²) >= 11 is 5.27. The quantitative estimate of drug-likeness (QED) is 0.320. The monoisotopic (exact) mass is 109 g/mol. The summed E-state index contributed by atoms with van der Waals surface area (Å²) in [6, 6.07) is 0. The molecule has 0 saturated carbocycles. The summed E-state index contributed by atoms with van der Waals surface area (Å²) in [6.45, 7) is 3.86. The molecule has 0 aromatic rings. The molecule has 3 heteroatoms. The van der Waals surface area contributed by atoms with Crippen molar-refractivity contribution in [1.29, 1.82) is 0 Å². The molecular weight excluding hydrogens is 103 g/mol. The van der Waals surface area contributed by atoms with Crippen LogP contribution in [0.5, 0.6) is 0 Å². The summed E-state index contributed by atoms with van der Waals surface area (Å²) in [7, 11) is 0. The predicted octanol–water partition coefficient (Wildman–Crippen LogP) is 0.872. The molecule has 0 heterocycles. The van der Waals surface area contributed by atoms with Gasteiger partial charge in [-0.3, -0.25) is 0 Å². The third kappa shape index (κ3) is 44.8. The predicted molar refractivity (Wildman–Crippen MR) is 32.5 cm³/mol. The molecule has 0 aromatic carbocycles. The maximum atomic E-state index is 5.27. The minimum atomic E-state index is 0. The maximum Gasteiger partial charge on any atom is 0.0279 e. The van der Waals surface area contributed by atoms with E-state index in [1.54, 1.807) is 0 Å². The molecular formula is C3H7ClLiMg. The molecule has 0 aliphatic carbocycles. The molecule has 0 nitrogen and oxygen atoms in total. The largest absolute Gasteiger partial charge is 0.124 e. The Morgan fingerprint density at radius 3 is 1.33 bits per heavy atom. The van der Waals surface area contributed by atoms with E-state index < -0.39 is 0 Å². The van der Waals surface area contributed by atoms with Crippen molar-refractivity contribution < 1.29 is 0 Å². The van der Waals surface area contributed by atoms with Crippen LogP contribution in [0.15, 0.2) is 0 Å². The van der Waals surface area contributed by atoms with Gasteiger partial charge in [-0.25, -0.2) is 0 Å². The van der Waals surface area contributed by atoms with Crippen molar-refractivity contribution >= 4 is 53.5 Å². The molecule has 0 saturated heterocycles. The Hall–Kier alpha value is 1.65. The van der Waals surface area contributed by atoms with Crippen LogP contribution in [-0.2, 0) is 0 Å². The summed E-state index contributed by atoms with van der Waals surface area (Å²) in [5.41, 5.74) is 0. The van der Waals surface area contributed by atoms with Gasteiger partial charge in [0.05, 0.1) is 0 Å². The molecule has 0 amide bonds. The molecule has 3 radical (unpaired) electrons. The van der Waals surface area contributed by atoms with Gasteiger partial charge < -0.3 is 0 Å². The first-order valence-corrected chi connectivity index (χ1v) is 1.81. The minimum Gasteiger partial charge on any atom is -0.124 e. The molecule has 0 unspecified atom stereocenters. The standard InChI is InChI=1S/C3H7Cl.Li.Mg/c1-3(2)4;;/h3H,1-2H3;;. The normalized spacial score (nSPS) is 6.00. The van der Waals surface area contributed by atoms with Gasteiger partial charge in [0, 0.05) is 47.3 Å². The van der Waals surface area contributed by atoms with E-state index in [0.717, 1.165) is 0 Å². The average Bonchev–Trinajstić information content (AvgIpc) is 0.811. The summed E-state index contributed by atoms with van der Waals surface area (Å²) < 4.78 is 0. The number of hydrogen-bond acceptors (Lipinski definition) is 0. The second-order valence-electron chi connectivity index (χ2n) is 1.01. The maximum absolute atomic E-state index is 5.27. The minimum absolute atomic E-state index is 0. The molecule has 0 rings (SSSR count). The van der Waals surface area contributed by atoms with Crippen molar-refractivity contribution in [1.82, 2.24) is 0 Å². The smallest absolute Gasteiger partial charge is 0.0279 e. The number of hydrogen-bond donors (Lipinski definition) is 0. The Labute approximate surface area is 72.3 Å². The molecule has 0 spiro atoms. The number of halogens is 1. The third-order valence-corrected chi connectivity index (χ3v) is 0. The Morgan fingerprint density at radius 2 is 1.33 bits per heavy atom. The summed E-state index contributed by atoms with van der Waals surface area (Å²) in [5.74, 6) is 0. The van der Waals surface area contributed by atoms with Crippen LogP contribution in [0.1, 0.15) is 13.8 Å². The number of alkyl halides is 1. The van der Waals surface area contributed by atoms with E-state index in [9.17, 15) is 0 Å². The molecule has 0 bridgehead atoms. The molecule has 0 aliphatic rings. The van der Waals surface area contributed by atoms with Crippen molar-refractivity contribution in [2.24, 2.45) is 0 Å². The van der Waals surface area contributed by atoms with Gasteiger partial charge in [0.25, 0.3) is 0 Å². The van der Waals surface area contributed by atoms with E-state index in [-0.39, 0.29) is 41.9 Å². The Bertz CT molecular complexity index is 15.5. The van der Waals surface area contributed by atoms with Gasteiger partial charge in [0.2, 0.25) is 0 Å². The summed E-state index contributed by atoms with van der Waals surface area (Å²) in [5, 5.41) is 0.306. The van der Waals surface area contributed by atoms with Crippen molar-refractivity contribution in [3.8, 4) is 0 Å². The van der Waals surface area contributed by atoms with Crippen LogP contribution in [0, 0.1) is 0 Å². The van der Waals surface area contributed by atoms with Gasteiger partial charge in [-0.1, -0.05) is 0 Å². The SMILES string of the molecule is CC(C)Cl.[Li].[Mg]. The Morgan fingerprint density at radius 1 is 1.33 bits per heavy atom. The second kappa shape index (κ2) is 9.82. The van der Waals surface area contributed by atoms with Crippen LogP contribution in [0.25, 0.3) is 0 Å². The van der Waals surface area contributed by atoms with Crippen LogP contribution < -0.4 is 0 Å². The third-order valence-electron chi connectivity index (χ3n) is 0. The zero-order valence-electron chi connectivity index (χ0n) is 4.66. The molecule has 0 N–H and O–H groups in total. The van der Waals surface area contributed by atoms with Crippen molar-refractivity contribution in [3.05, 3.63) is 0 Å². The van der Waals surface area contributed by atoms with Crippen LogP contribution in [0.2, 0.25) is 0 Å². The van der Waals surface area contributed by atoms with Gasteiger partial charge in [-0.05, 0) is 13.8 Å². The van der Waals surface area contributed by atoms with E-state index in [2.05, 4.69) is 0 Å². The van der Waals surface area contributed by atoms with Crippen molar-refractivity contribution in [2.45, 2.75) is 19.2 Å². The molecule has 6 heavy (non-hydrogen) atoms. The first-order valence-electron chi connectivity index (χ1n) is 1.37. The second-order valence-corrected chi connectivity index (χ2v) is 1.89. The van der Waals surface area contributed by atoms with Crippen LogP contribution in [0.4, 0.5) is 0 Å². The number of rotatable bonds is 0. The van der Waals surface area contributed by atoms with Crippen LogP contribution >= 0.6 is 11.6 Å². The molecule has 0 atom stereocenters. The van der Waals surface area contributed by atoms with Gasteiger partial charge in [0.15, 0.2) is 0 Å². The summed E-state index contributed by atoms with van der Waals surface area (Å²) in [4.78, 5) is 0. The van der Waals surface area contributed by atoms with Crippen molar-refractivity contribution in [3.63, 3.8) is 0 Å². The fraction of sp³-hybridized carbons (Fsp3) is 1.00. The van der Waals surface area contributed by atoms with E-state index in [1.807, 2.05) is 13.8 Å². The first kappa shape index (κ1) is 15.6. The van der Waals surface area contributed by atoms with E-state index in [1.165, 1.54) is 0 Å². The van der Waals surface area contributed by atoms with Crippen LogP contribution in [0.3, 0.4) is 0 Å². The topological polar surface area (TPSA) is 0 Å². The zero-order chi connectivity index (χ0) is 3.58. The van der Waals surface area contributed by atoms with E-state index in [4.69, 9.17) is 11.6 Å². The zero-order valence-corrected chi connectivity index (χ0v) is 6.83. The molecule has 0 aliphatic heterocycles. The van der Waals surface area contributed by atoms with Crippen molar-refractivity contribution in [2.75, 3.05) is 0 Å². The molecule has 0 fully saturated rings. The Kier molecular flexibility index (Phi) is 25.6. The van der Waals surface area contributed by atoms with Gasteiger partial charge in [-0.2, -0.15) is 0 Å². The van der Waals surface area contributed by atoms with Gasteiger partial charge >= 0.3 is 0 Å². The molecule has 29 valence electrons. The van der Waals surface area contributed by atoms with E-state index >= 15 is 0 Å². The Balaban J connectivity index is -0.0000000450. The fourth-order valence-electron chi connectivity index (χ4n) is 0. The van der Waals surface area contributed by atoms with Gasteiger partial charge in [0.1, 0.15) is 0 Å². The van der Waals surface area contributed by atoms with Crippen LogP contribution in [-0.4, -0.2) is 47.3 Å². The fourth-order valence-corrected chi connectivity index (χ4v) is 0. The van der Waals surface area contributed by atoms with E-state index in [0.29, 0.717) is 5.38 Å². The van der Waals surface area contributed by atoms with Gasteiger partial charge in [-0.15, -0.1) is 11.6 Å². The average molecular weight is 110 g/mol. The summed E-state index contributed by atoms with van der Waals surface area (Å²) in [6.07, 6.45) is 0. The first-order chi connectivity index (χ1) is 1.73.